The van der Waals surface area contributed by atoms with E-state index in [-0.39, 0.29) is 17.1 Å². The van der Waals surface area contributed by atoms with Gasteiger partial charge in [-0.2, -0.15) is 5.10 Å². The van der Waals surface area contributed by atoms with Crippen LogP contribution in [0, 0.1) is 0 Å². The van der Waals surface area contributed by atoms with Gasteiger partial charge in [-0.25, -0.2) is 9.48 Å². The van der Waals surface area contributed by atoms with Gasteiger partial charge in [-0.15, -0.1) is 0 Å². The van der Waals surface area contributed by atoms with Crippen LogP contribution < -0.4 is 15.6 Å². The molecule has 32 heavy (non-hydrogen) atoms. The molecule has 0 aliphatic carbocycles. The molecule has 0 saturated carbocycles. The molecule has 0 saturated heterocycles. The average molecular weight is 453 g/mol. The number of hydrogen-bond donors (Lipinski definition) is 3. The summed E-state index contributed by atoms with van der Waals surface area (Å²) in [7, 11) is 1.45. The largest absolute Gasteiger partial charge is 0.771 e. The normalized spacial score (nSPS) is 11.9. The molecule has 1 atom stereocenters. The molecular formula is C21H17N4O6S-. The number of aromatic amines is 1. The molecular weight excluding hydrogens is 436 g/mol. The maximum absolute atomic E-state index is 12.5. The summed E-state index contributed by atoms with van der Waals surface area (Å²) in [4.78, 5) is 26.6. The molecule has 2 heterocycles. The van der Waals surface area contributed by atoms with Gasteiger partial charge in [-0.3, -0.25) is 9.00 Å². The van der Waals surface area contributed by atoms with Gasteiger partial charge in [0, 0.05) is 23.7 Å². The van der Waals surface area contributed by atoms with Crippen molar-refractivity contribution in [2.24, 2.45) is 7.05 Å². The molecule has 3 N–H and O–H groups in total. The van der Waals surface area contributed by atoms with Gasteiger partial charge >= 0.3 is 5.97 Å². The lowest BCUT2D eigenvalue weighted by Gasteiger charge is -2.15. The Morgan fingerprint density at radius 1 is 1.25 bits per heavy atom. The SMILES string of the molecule is Cn1nc(-c2cc(NCS(=O)[O-])ccc2Oc2ccccc2)c2cc(C(=O)O)[nH]c2c1=O. The van der Waals surface area contributed by atoms with Gasteiger partial charge in [0.25, 0.3) is 5.56 Å². The molecule has 0 fully saturated rings. The molecule has 0 aliphatic rings. The lowest BCUT2D eigenvalue weighted by atomic mass is 10.1. The van der Waals surface area contributed by atoms with E-state index in [1.165, 1.54) is 13.1 Å². The van der Waals surface area contributed by atoms with Crippen molar-refractivity contribution in [3.63, 3.8) is 0 Å². The van der Waals surface area contributed by atoms with Crippen LogP contribution in [0.15, 0.2) is 59.4 Å². The molecule has 164 valence electrons. The molecule has 2 aromatic heterocycles. The first-order valence-corrected chi connectivity index (χ1v) is 10.6. The van der Waals surface area contributed by atoms with Gasteiger partial charge in [-0.05, 0) is 47.5 Å². The Bertz CT molecular complexity index is 1400. The Morgan fingerprint density at radius 2 is 2.00 bits per heavy atom. The quantitative estimate of drug-likeness (QED) is 0.362. The molecule has 0 radical (unpaired) electrons. The van der Waals surface area contributed by atoms with E-state index in [1.807, 2.05) is 18.2 Å². The number of aromatic nitrogens is 3. The molecule has 4 rings (SSSR count). The van der Waals surface area contributed by atoms with E-state index in [4.69, 9.17) is 4.74 Å². The second-order valence-corrected chi connectivity index (χ2v) is 7.70. The minimum absolute atomic E-state index is 0.0829. The van der Waals surface area contributed by atoms with Gasteiger partial charge in [0.2, 0.25) is 0 Å². The van der Waals surface area contributed by atoms with Crippen LogP contribution in [-0.4, -0.2) is 40.5 Å². The van der Waals surface area contributed by atoms with Crippen molar-refractivity contribution in [1.82, 2.24) is 14.8 Å². The number of aromatic carboxylic acids is 1. The first kappa shape index (κ1) is 21.3. The fourth-order valence-corrected chi connectivity index (χ4v) is 3.49. The van der Waals surface area contributed by atoms with Gasteiger partial charge in [0.05, 0.1) is 5.88 Å². The standard InChI is InChI=1S/C21H18N4O6S/c1-25-20(26)19-15(10-16(23-19)21(27)28)18(24-25)14-9-12(22-11-32(29)30)7-8-17(14)31-13-5-3-2-4-6-13/h2-10,22-23H,11H2,1H3,(H,27,28)(H,29,30)/p-1. The fraction of sp³-hybridized carbons (Fsp3) is 0.0952. The summed E-state index contributed by atoms with van der Waals surface area (Å²) >= 11 is -2.31. The second kappa shape index (κ2) is 8.65. The first-order chi connectivity index (χ1) is 15.3. The zero-order valence-electron chi connectivity index (χ0n) is 16.7. The summed E-state index contributed by atoms with van der Waals surface area (Å²) < 4.78 is 29.0. The Labute approximate surface area is 183 Å². The van der Waals surface area contributed by atoms with Gasteiger partial charge in [0.15, 0.2) is 0 Å². The lowest BCUT2D eigenvalue weighted by Crippen LogP contribution is -2.20. The van der Waals surface area contributed by atoms with Crippen molar-refractivity contribution in [2.45, 2.75) is 0 Å². The Morgan fingerprint density at radius 3 is 2.69 bits per heavy atom. The van der Waals surface area contributed by atoms with E-state index in [0.717, 1.165) is 4.68 Å². The van der Waals surface area contributed by atoms with Crippen LogP contribution >= 0.6 is 0 Å². The third kappa shape index (κ3) is 4.24. The zero-order chi connectivity index (χ0) is 22.8. The number of nitrogens with one attached hydrogen (secondary N) is 2. The summed E-state index contributed by atoms with van der Waals surface area (Å²) in [6.45, 7) is 0. The number of rotatable bonds is 7. The molecule has 0 spiro atoms. The second-order valence-electron chi connectivity index (χ2n) is 6.81. The van der Waals surface area contributed by atoms with Gasteiger partial charge in [-0.1, -0.05) is 18.2 Å². The van der Waals surface area contributed by atoms with Crippen LogP contribution in [0.4, 0.5) is 5.69 Å². The number of carboxylic acid groups (broad SMARTS) is 1. The van der Waals surface area contributed by atoms with Gasteiger partial charge < -0.3 is 24.7 Å². The van der Waals surface area contributed by atoms with Crippen LogP contribution in [-0.2, 0) is 18.1 Å². The predicted octanol–water partition coefficient (Wildman–Crippen LogP) is 2.67. The molecule has 2 aromatic carbocycles. The number of nitrogens with zero attached hydrogens (tertiary/aromatic N) is 2. The molecule has 11 heteroatoms. The van der Waals surface area contributed by atoms with Crippen LogP contribution in [0.3, 0.4) is 0 Å². The van der Waals surface area contributed by atoms with Crippen LogP contribution in [0.5, 0.6) is 11.5 Å². The smallest absolute Gasteiger partial charge is 0.352 e. The Kier molecular flexibility index (Phi) is 5.75. The zero-order valence-corrected chi connectivity index (χ0v) is 17.5. The number of hydrogen-bond acceptors (Lipinski definition) is 7. The summed E-state index contributed by atoms with van der Waals surface area (Å²) in [6, 6.07) is 15.2. The van der Waals surface area contributed by atoms with E-state index >= 15 is 0 Å². The van der Waals surface area contributed by atoms with Crippen LogP contribution in [0.1, 0.15) is 10.5 Å². The Hall–Kier alpha value is -3.96. The Balaban J connectivity index is 1.93. The van der Waals surface area contributed by atoms with E-state index < -0.39 is 22.6 Å². The molecule has 10 nitrogen and oxygen atoms in total. The van der Waals surface area contributed by atoms with Crippen molar-refractivity contribution >= 4 is 33.6 Å². The molecule has 0 amide bonds. The number of para-hydroxylation sites is 1. The molecule has 4 aromatic rings. The average Bonchev–Trinajstić information content (AvgIpc) is 3.22. The van der Waals surface area contributed by atoms with Crippen molar-refractivity contribution in [2.75, 3.05) is 11.2 Å². The number of anilines is 1. The maximum Gasteiger partial charge on any atom is 0.352 e. The van der Waals surface area contributed by atoms with Crippen molar-refractivity contribution in [1.29, 1.82) is 0 Å². The van der Waals surface area contributed by atoms with Crippen LogP contribution in [0.2, 0.25) is 0 Å². The van der Waals surface area contributed by atoms with Crippen molar-refractivity contribution in [3.05, 3.63) is 70.6 Å². The van der Waals surface area contributed by atoms with Gasteiger partial charge in [0.1, 0.15) is 28.4 Å². The number of fused-ring (bicyclic) bond motifs is 1. The topological polar surface area (TPSA) is 149 Å². The predicted molar refractivity (Wildman–Crippen MR) is 118 cm³/mol. The van der Waals surface area contributed by atoms with E-state index in [9.17, 15) is 23.5 Å². The van der Waals surface area contributed by atoms with Crippen LogP contribution in [0.25, 0.3) is 22.2 Å². The fourth-order valence-electron chi connectivity index (χ4n) is 3.21. The number of H-pyrrole nitrogens is 1. The minimum atomic E-state index is -2.31. The van der Waals surface area contributed by atoms with E-state index in [0.29, 0.717) is 33.8 Å². The molecule has 0 bridgehead atoms. The summed E-state index contributed by atoms with van der Waals surface area (Å²) in [5, 5.41) is 16.8. The highest BCUT2D eigenvalue weighted by Crippen LogP contribution is 2.37. The lowest BCUT2D eigenvalue weighted by molar-refractivity contribution is 0.0691. The number of ether oxygens (including phenoxy) is 1. The summed E-state index contributed by atoms with van der Waals surface area (Å²) in [6.07, 6.45) is 0. The minimum Gasteiger partial charge on any atom is -0.771 e. The molecule has 0 aliphatic heterocycles. The number of carbonyl (C=O) groups is 1. The first-order valence-electron chi connectivity index (χ1n) is 9.34. The monoisotopic (exact) mass is 453 g/mol. The highest BCUT2D eigenvalue weighted by Gasteiger charge is 2.20. The third-order valence-electron chi connectivity index (χ3n) is 4.66. The molecule has 1 unspecified atom stereocenters. The number of aryl methyl sites for hydroxylation is 1. The van der Waals surface area contributed by atoms with E-state index in [2.05, 4.69) is 15.4 Å². The third-order valence-corrected chi connectivity index (χ3v) is 5.04. The highest BCUT2D eigenvalue weighted by atomic mass is 32.2. The number of benzene rings is 2. The number of carboxylic acids is 1. The maximum atomic E-state index is 12.5. The van der Waals surface area contributed by atoms with Crippen molar-refractivity contribution in [3.8, 4) is 22.8 Å². The summed E-state index contributed by atoms with van der Waals surface area (Å²) in [5.74, 6) is -0.586. The van der Waals surface area contributed by atoms with Crippen molar-refractivity contribution < 1.29 is 23.4 Å². The highest BCUT2D eigenvalue weighted by molar-refractivity contribution is 7.79. The van der Waals surface area contributed by atoms with E-state index in [1.54, 1.807) is 30.3 Å². The summed E-state index contributed by atoms with van der Waals surface area (Å²) in [5.41, 5.74) is 0.642.